The Bertz CT molecular complexity index is 322. The van der Waals surface area contributed by atoms with Crippen LogP contribution in [0.25, 0.3) is 0 Å². The largest absolute Gasteiger partial charge is 0.392 e. The number of aliphatic hydroxyl groups is 4. The van der Waals surface area contributed by atoms with Crippen molar-refractivity contribution >= 4 is 0 Å². The summed E-state index contributed by atoms with van der Waals surface area (Å²) in [5.74, 6) is 0. The van der Waals surface area contributed by atoms with Crippen LogP contribution in [0.5, 0.6) is 0 Å². The van der Waals surface area contributed by atoms with Gasteiger partial charge in [0.15, 0.2) is 0 Å². The summed E-state index contributed by atoms with van der Waals surface area (Å²) in [5.41, 5.74) is 0.367. The second kappa shape index (κ2) is 11.1. The molecule has 0 aromatic rings. The van der Waals surface area contributed by atoms with E-state index in [1.54, 1.807) is 6.08 Å². The summed E-state index contributed by atoms with van der Waals surface area (Å²) in [4.78, 5) is 0. The predicted molar refractivity (Wildman–Crippen MR) is 87.6 cm³/mol. The Hall–Kier alpha value is -0.460. The molecule has 0 heterocycles. The highest BCUT2D eigenvalue weighted by molar-refractivity contribution is 5.21. The zero-order chi connectivity index (χ0) is 16.4. The van der Waals surface area contributed by atoms with Gasteiger partial charge in [-0.05, 0) is 18.5 Å². The average Bonchev–Trinajstić information content (AvgIpc) is 2.53. The third-order valence-corrected chi connectivity index (χ3v) is 4.41. The van der Waals surface area contributed by atoms with Gasteiger partial charge in [-0.3, -0.25) is 0 Å². The molecule has 130 valence electrons. The van der Waals surface area contributed by atoms with E-state index in [0.717, 1.165) is 19.4 Å². The summed E-state index contributed by atoms with van der Waals surface area (Å²) in [6.07, 6.45) is 8.11. The van der Waals surface area contributed by atoms with Crippen LogP contribution in [0.3, 0.4) is 0 Å². The van der Waals surface area contributed by atoms with Crippen molar-refractivity contribution in [1.82, 2.24) is 5.32 Å². The molecule has 5 nitrogen and oxygen atoms in total. The molecule has 0 aromatic heterocycles. The SMILES string of the molecule is CCCCCCCCCCNC1C=C(CO)[C@H](O)[C@H](O)[C@H]1O. The molecule has 0 aromatic carbocycles. The molecule has 22 heavy (non-hydrogen) atoms. The van der Waals surface area contributed by atoms with E-state index in [9.17, 15) is 15.3 Å². The first kappa shape index (κ1) is 19.6. The standard InChI is InChI=1S/C17H33NO4/c1-2-3-4-5-6-7-8-9-10-18-14-11-13(12-19)15(20)17(22)16(14)21/h11,14-22H,2-10,12H2,1H3/t14?,15-,16-,17-/m0/s1. The zero-order valence-electron chi connectivity index (χ0n) is 13.7. The Morgan fingerprint density at radius 2 is 1.50 bits per heavy atom. The first-order valence-electron chi connectivity index (χ1n) is 8.70. The zero-order valence-corrected chi connectivity index (χ0v) is 13.7. The summed E-state index contributed by atoms with van der Waals surface area (Å²) in [6.45, 7) is 2.67. The smallest absolute Gasteiger partial charge is 0.111 e. The van der Waals surface area contributed by atoms with E-state index in [4.69, 9.17) is 5.11 Å². The second-order valence-electron chi connectivity index (χ2n) is 6.28. The molecular weight excluding hydrogens is 282 g/mol. The van der Waals surface area contributed by atoms with Crippen LogP contribution in [0.4, 0.5) is 0 Å². The lowest BCUT2D eigenvalue weighted by Gasteiger charge is -2.34. The van der Waals surface area contributed by atoms with Gasteiger partial charge in [-0.2, -0.15) is 0 Å². The quantitative estimate of drug-likeness (QED) is 0.291. The molecule has 0 saturated heterocycles. The van der Waals surface area contributed by atoms with Gasteiger partial charge < -0.3 is 25.7 Å². The number of rotatable bonds is 11. The molecule has 4 atom stereocenters. The van der Waals surface area contributed by atoms with Gasteiger partial charge in [0.25, 0.3) is 0 Å². The fourth-order valence-corrected chi connectivity index (χ4v) is 2.90. The van der Waals surface area contributed by atoms with E-state index >= 15 is 0 Å². The molecule has 1 rings (SSSR count). The molecule has 1 unspecified atom stereocenters. The Kier molecular flexibility index (Phi) is 9.91. The lowest BCUT2D eigenvalue weighted by molar-refractivity contribution is -0.0641. The molecule has 0 spiro atoms. The van der Waals surface area contributed by atoms with Crippen molar-refractivity contribution in [2.45, 2.75) is 82.6 Å². The second-order valence-corrected chi connectivity index (χ2v) is 6.28. The van der Waals surface area contributed by atoms with Gasteiger partial charge in [0.1, 0.15) is 18.3 Å². The first-order valence-corrected chi connectivity index (χ1v) is 8.70. The lowest BCUT2D eigenvalue weighted by Crippen LogP contribution is -2.54. The van der Waals surface area contributed by atoms with E-state index in [2.05, 4.69) is 12.2 Å². The third-order valence-electron chi connectivity index (χ3n) is 4.41. The highest BCUT2D eigenvalue weighted by atomic mass is 16.4. The van der Waals surface area contributed by atoms with Crippen LogP contribution >= 0.6 is 0 Å². The van der Waals surface area contributed by atoms with Crippen LogP contribution in [0.1, 0.15) is 58.3 Å². The number of nitrogens with one attached hydrogen (secondary N) is 1. The third kappa shape index (κ3) is 6.34. The average molecular weight is 315 g/mol. The van der Waals surface area contributed by atoms with Gasteiger partial charge in [-0.15, -0.1) is 0 Å². The Labute approximate surface area is 134 Å². The minimum absolute atomic E-state index is 0.305. The van der Waals surface area contributed by atoms with Crippen molar-refractivity contribution in [3.63, 3.8) is 0 Å². The van der Waals surface area contributed by atoms with Crippen LogP contribution < -0.4 is 5.32 Å². The summed E-state index contributed by atoms with van der Waals surface area (Å²) in [7, 11) is 0. The maximum atomic E-state index is 9.95. The maximum Gasteiger partial charge on any atom is 0.111 e. The molecule has 0 bridgehead atoms. The summed E-state index contributed by atoms with van der Waals surface area (Å²) in [5, 5.41) is 41.8. The number of hydrogen-bond donors (Lipinski definition) is 5. The number of hydrogen-bond acceptors (Lipinski definition) is 5. The summed E-state index contributed by atoms with van der Waals surface area (Å²) < 4.78 is 0. The van der Waals surface area contributed by atoms with Gasteiger partial charge >= 0.3 is 0 Å². The fraction of sp³-hybridized carbons (Fsp3) is 0.882. The van der Waals surface area contributed by atoms with Gasteiger partial charge in [-0.25, -0.2) is 0 Å². The number of unbranched alkanes of at least 4 members (excludes halogenated alkanes) is 7. The highest BCUT2D eigenvalue weighted by Gasteiger charge is 2.36. The molecular formula is C17H33NO4. The lowest BCUT2D eigenvalue weighted by atomic mass is 9.88. The molecule has 0 saturated carbocycles. The van der Waals surface area contributed by atoms with Crippen LogP contribution in [-0.4, -0.2) is 57.9 Å². The highest BCUT2D eigenvalue weighted by Crippen LogP contribution is 2.20. The van der Waals surface area contributed by atoms with E-state index < -0.39 is 24.4 Å². The van der Waals surface area contributed by atoms with E-state index in [0.29, 0.717) is 5.57 Å². The topological polar surface area (TPSA) is 93.0 Å². The minimum Gasteiger partial charge on any atom is -0.392 e. The van der Waals surface area contributed by atoms with Gasteiger partial charge in [0, 0.05) is 0 Å². The molecule has 5 heteroatoms. The Balaban J connectivity index is 2.17. The van der Waals surface area contributed by atoms with Gasteiger partial charge in [0.05, 0.1) is 12.6 Å². The molecule has 0 amide bonds. The Morgan fingerprint density at radius 3 is 2.09 bits per heavy atom. The molecule has 0 radical (unpaired) electrons. The van der Waals surface area contributed by atoms with Crippen molar-refractivity contribution in [2.24, 2.45) is 0 Å². The Morgan fingerprint density at radius 1 is 0.909 bits per heavy atom. The van der Waals surface area contributed by atoms with Crippen LogP contribution in [0.2, 0.25) is 0 Å². The van der Waals surface area contributed by atoms with Crippen molar-refractivity contribution in [2.75, 3.05) is 13.2 Å². The van der Waals surface area contributed by atoms with Crippen LogP contribution in [-0.2, 0) is 0 Å². The van der Waals surface area contributed by atoms with E-state index in [-0.39, 0.29) is 6.61 Å². The maximum absolute atomic E-state index is 9.95. The van der Waals surface area contributed by atoms with Crippen molar-refractivity contribution in [3.05, 3.63) is 11.6 Å². The van der Waals surface area contributed by atoms with Crippen molar-refractivity contribution in [1.29, 1.82) is 0 Å². The molecule has 0 fully saturated rings. The molecule has 1 aliphatic rings. The molecule has 5 N–H and O–H groups in total. The first-order chi connectivity index (χ1) is 10.6. The minimum atomic E-state index is -1.25. The van der Waals surface area contributed by atoms with Crippen molar-refractivity contribution < 1.29 is 20.4 Å². The van der Waals surface area contributed by atoms with Crippen LogP contribution in [0.15, 0.2) is 11.6 Å². The molecule has 0 aliphatic heterocycles. The van der Waals surface area contributed by atoms with Crippen LogP contribution in [0, 0.1) is 0 Å². The van der Waals surface area contributed by atoms with Crippen molar-refractivity contribution in [3.8, 4) is 0 Å². The van der Waals surface area contributed by atoms with Gasteiger partial charge in [0.2, 0.25) is 0 Å². The summed E-state index contributed by atoms with van der Waals surface area (Å²) in [6, 6.07) is -0.412. The fourth-order valence-electron chi connectivity index (χ4n) is 2.90. The predicted octanol–water partition coefficient (Wildman–Crippen LogP) is 1.10. The van der Waals surface area contributed by atoms with E-state index in [1.165, 1.54) is 38.5 Å². The number of aliphatic hydroxyl groups excluding tert-OH is 4. The van der Waals surface area contributed by atoms with E-state index in [1.807, 2.05) is 0 Å². The normalized spacial score (nSPS) is 28.7. The summed E-state index contributed by atoms with van der Waals surface area (Å²) >= 11 is 0. The van der Waals surface area contributed by atoms with Gasteiger partial charge in [-0.1, -0.05) is 57.9 Å². The monoisotopic (exact) mass is 315 g/mol. The molecule has 1 aliphatic carbocycles.